The topological polar surface area (TPSA) is 109 Å². The summed E-state index contributed by atoms with van der Waals surface area (Å²) in [6.07, 6.45) is 1.69. The minimum Gasteiger partial charge on any atom is -0.481 e. The van der Waals surface area contributed by atoms with Crippen LogP contribution >= 0.6 is 0 Å². The Morgan fingerprint density at radius 1 is 1.31 bits per heavy atom. The fourth-order valence-corrected chi connectivity index (χ4v) is 0.509. The third-order valence-electron chi connectivity index (χ3n) is 1.04. The molecule has 0 fully saturated rings. The lowest BCUT2D eigenvalue weighted by Crippen LogP contribution is -2.24. The van der Waals surface area contributed by atoms with Crippen LogP contribution in [0.2, 0.25) is 0 Å². The van der Waals surface area contributed by atoms with E-state index in [1.54, 1.807) is 0 Å². The second kappa shape index (κ2) is 5.76. The smallest absolute Gasteiger partial charge is 0.305 e. The molecule has 0 aliphatic carbocycles. The quantitative estimate of drug-likeness (QED) is 0.459. The number of hydrogen-bond acceptors (Lipinski definition) is 3. The van der Waals surface area contributed by atoms with Gasteiger partial charge in [0.1, 0.15) is 0 Å². The van der Waals surface area contributed by atoms with Crippen LogP contribution in [0.15, 0.2) is 12.2 Å². The van der Waals surface area contributed by atoms with Crippen molar-refractivity contribution in [2.45, 2.75) is 6.42 Å². The standard InChI is InChI=1S/C7H10N2O4/c8-5(10)1-2-6(11)9-4-3-7(12)13/h1-2H,3-4H2,(H2,8,10)(H,9,11)(H,12,13)/b2-1+. The Morgan fingerprint density at radius 3 is 2.38 bits per heavy atom. The highest BCUT2D eigenvalue weighted by Crippen LogP contribution is 1.77. The number of carbonyl (C=O) groups is 3. The predicted molar refractivity (Wildman–Crippen MR) is 43.6 cm³/mol. The van der Waals surface area contributed by atoms with E-state index in [4.69, 9.17) is 10.8 Å². The molecule has 0 aromatic carbocycles. The molecule has 13 heavy (non-hydrogen) atoms. The molecule has 6 heteroatoms. The molecule has 72 valence electrons. The van der Waals surface area contributed by atoms with Gasteiger partial charge in [-0.05, 0) is 0 Å². The Kier molecular flexibility index (Phi) is 4.94. The van der Waals surface area contributed by atoms with Crippen molar-refractivity contribution in [1.82, 2.24) is 5.32 Å². The molecule has 0 rings (SSSR count). The maximum absolute atomic E-state index is 10.7. The summed E-state index contributed by atoms with van der Waals surface area (Å²) in [4.78, 5) is 30.9. The Bertz CT molecular complexity index is 247. The number of primary amides is 1. The Balaban J connectivity index is 3.64. The first-order valence-electron chi connectivity index (χ1n) is 3.49. The van der Waals surface area contributed by atoms with E-state index in [0.717, 1.165) is 12.2 Å². The van der Waals surface area contributed by atoms with Gasteiger partial charge < -0.3 is 16.2 Å². The summed E-state index contributed by atoms with van der Waals surface area (Å²) in [6, 6.07) is 0. The van der Waals surface area contributed by atoms with Crippen LogP contribution in [-0.4, -0.2) is 29.4 Å². The first kappa shape index (κ1) is 11.2. The van der Waals surface area contributed by atoms with Crippen molar-refractivity contribution in [3.05, 3.63) is 12.2 Å². The maximum atomic E-state index is 10.7. The molecule has 0 heterocycles. The van der Waals surface area contributed by atoms with E-state index in [9.17, 15) is 14.4 Å². The van der Waals surface area contributed by atoms with Crippen molar-refractivity contribution in [2.75, 3.05) is 6.54 Å². The van der Waals surface area contributed by atoms with Gasteiger partial charge in [0.25, 0.3) is 0 Å². The first-order chi connectivity index (χ1) is 6.02. The van der Waals surface area contributed by atoms with Gasteiger partial charge in [-0.1, -0.05) is 0 Å². The van der Waals surface area contributed by atoms with Crippen molar-refractivity contribution >= 4 is 17.8 Å². The van der Waals surface area contributed by atoms with Gasteiger partial charge in [-0.25, -0.2) is 0 Å². The predicted octanol–water partition coefficient (Wildman–Crippen LogP) is -1.38. The minimum absolute atomic E-state index is 0.0251. The van der Waals surface area contributed by atoms with Crippen molar-refractivity contribution in [2.24, 2.45) is 5.73 Å². The highest BCUT2D eigenvalue weighted by atomic mass is 16.4. The summed E-state index contributed by atoms with van der Waals surface area (Å²) in [7, 11) is 0. The second-order valence-electron chi connectivity index (χ2n) is 2.17. The van der Waals surface area contributed by atoms with Gasteiger partial charge in [0.15, 0.2) is 0 Å². The van der Waals surface area contributed by atoms with Crippen molar-refractivity contribution in [3.63, 3.8) is 0 Å². The number of nitrogens with one attached hydrogen (secondary N) is 1. The monoisotopic (exact) mass is 186 g/mol. The van der Waals surface area contributed by atoms with E-state index in [1.807, 2.05) is 0 Å². The summed E-state index contributed by atoms with van der Waals surface area (Å²) < 4.78 is 0. The summed E-state index contributed by atoms with van der Waals surface area (Å²) in [5.74, 6) is -2.27. The first-order valence-corrected chi connectivity index (χ1v) is 3.49. The zero-order valence-corrected chi connectivity index (χ0v) is 6.82. The fourth-order valence-electron chi connectivity index (χ4n) is 0.509. The number of carbonyl (C=O) groups excluding carboxylic acids is 2. The molecule has 0 atom stereocenters. The Labute approximate surface area is 74.4 Å². The summed E-state index contributed by atoms with van der Waals surface area (Å²) in [5, 5.41) is 10.5. The van der Waals surface area contributed by atoms with Crippen molar-refractivity contribution in [1.29, 1.82) is 0 Å². The Hall–Kier alpha value is -1.85. The van der Waals surface area contributed by atoms with Crippen LogP contribution in [-0.2, 0) is 14.4 Å². The molecule has 4 N–H and O–H groups in total. The van der Waals surface area contributed by atoms with E-state index in [1.165, 1.54) is 0 Å². The van der Waals surface area contributed by atoms with E-state index in [0.29, 0.717) is 0 Å². The van der Waals surface area contributed by atoms with Gasteiger partial charge in [-0.2, -0.15) is 0 Å². The molecule has 0 aromatic heterocycles. The van der Waals surface area contributed by atoms with Gasteiger partial charge in [-0.15, -0.1) is 0 Å². The highest BCUT2D eigenvalue weighted by molar-refractivity contribution is 5.96. The minimum atomic E-state index is -1.00. The second-order valence-corrected chi connectivity index (χ2v) is 2.17. The lowest BCUT2D eigenvalue weighted by atomic mass is 10.4. The van der Waals surface area contributed by atoms with Crippen LogP contribution in [0.3, 0.4) is 0 Å². The van der Waals surface area contributed by atoms with Gasteiger partial charge in [-0.3, -0.25) is 14.4 Å². The normalized spacial score (nSPS) is 9.85. The van der Waals surface area contributed by atoms with Crippen LogP contribution in [0.5, 0.6) is 0 Å². The Morgan fingerprint density at radius 2 is 1.92 bits per heavy atom. The molecule has 0 bridgehead atoms. The largest absolute Gasteiger partial charge is 0.481 e. The zero-order valence-electron chi connectivity index (χ0n) is 6.82. The molecular formula is C7H10N2O4. The van der Waals surface area contributed by atoms with Crippen LogP contribution < -0.4 is 11.1 Å². The molecule has 0 unspecified atom stereocenters. The van der Waals surface area contributed by atoms with Gasteiger partial charge in [0.05, 0.1) is 6.42 Å². The number of aliphatic carboxylic acids is 1. The summed E-state index contributed by atoms with van der Waals surface area (Å²) in [5.41, 5.74) is 4.72. The molecule has 0 saturated heterocycles. The fraction of sp³-hybridized carbons (Fsp3) is 0.286. The third kappa shape index (κ3) is 8.05. The van der Waals surface area contributed by atoms with E-state index < -0.39 is 17.8 Å². The summed E-state index contributed by atoms with van der Waals surface area (Å²) in [6.45, 7) is 0.0251. The number of hydrogen-bond donors (Lipinski definition) is 3. The zero-order chi connectivity index (χ0) is 10.3. The third-order valence-corrected chi connectivity index (χ3v) is 1.04. The summed E-state index contributed by atoms with van der Waals surface area (Å²) >= 11 is 0. The maximum Gasteiger partial charge on any atom is 0.305 e. The highest BCUT2D eigenvalue weighted by Gasteiger charge is 1.98. The number of amides is 2. The van der Waals surface area contributed by atoms with Crippen LogP contribution in [0.25, 0.3) is 0 Å². The van der Waals surface area contributed by atoms with E-state index in [-0.39, 0.29) is 13.0 Å². The average Bonchev–Trinajstić information content (AvgIpc) is 2.00. The van der Waals surface area contributed by atoms with Gasteiger partial charge in [0.2, 0.25) is 11.8 Å². The lowest BCUT2D eigenvalue weighted by molar-refractivity contribution is -0.136. The molecule has 0 aliphatic rings. The van der Waals surface area contributed by atoms with Crippen molar-refractivity contribution in [3.8, 4) is 0 Å². The number of rotatable bonds is 5. The van der Waals surface area contributed by atoms with E-state index in [2.05, 4.69) is 5.32 Å². The van der Waals surface area contributed by atoms with Gasteiger partial charge >= 0.3 is 5.97 Å². The molecule has 2 amide bonds. The SMILES string of the molecule is NC(=O)/C=C/C(=O)NCCC(=O)O. The number of carboxylic acids is 1. The van der Waals surface area contributed by atoms with E-state index >= 15 is 0 Å². The molecule has 0 aliphatic heterocycles. The molecule has 0 spiro atoms. The average molecular weight is 186 g/mol. The van der Waals surface area contributed by atoms with Gasteiger partial charge in [0, 0.05) is 18.7 Å². The van der Waals surface area contributed by atoms with Crippen molar-refractivity contribution < 1.29 is 19.5 Å². The van der Waals surface area contributed by atoms with Crippen LogP contribution in [0, 0.1) is 0 Å². The van der Waals surface area contributed by atoms with Crippen LogP contribution in [0.1, 0.15) is 6.42 Å². The number of carboxylic acid groups (broad SMARTS) is 1. The molecule has 0 aromatic rings. The molecule has 0 saturated carbocycles. The molecular weight excluding hydrogens is 176 g/mol. The molecule has 6 nitrogen and oxygen atoms in total. The number of nitrogens with two attached hydrogens (primary N) is 1. The van der Waals surface area contributed by atoms with Crippen LogP contribution in [0.4, 0.5) is 0 Å². The molecule has 0 radical (unpaired) electrons. The lowest BCUT2D eigenvalue weighted by Gasteiger charge is -1.97.